The summed E-state index contributed by atoms with van der Waals surface area (Å²) >= 11 is 3.55. The molecule has 0 atom stereocenters. The Balaban J connectivity index is 1.76. The van der Waals surface area contributed by atoms with Crippen LogP contribution < -0.4 is 9.64 Å². The summed E-state index contributed by atoms with van der Waals surface area (Å²) in [5, 5.41) is 9.67. The van der Waals surface area contributed by atoms with Gasteiger partial charge >= 0.3 is 0 Å². The highest BCUT2D eigenvalue weighted by Gasteiger charge is 2.24. The number of rotatable bonds is 7. The molecule has 1 heterocycles. The van der Waals surface area contributed by atoms with Gasteiger partial charge in [0.05, 0.1) is 11.1 Å². The van der Waals surface area contributed by atoms with E-state index in [2.05, 4.69) is 45.6 Å². The molecule has 160 valence electrons. The van der Waals surface area contributed by atoms with E-state index < -0.39 is 0 Å². The smallest absolute Gasteiger partial charge is 0.264 e. The lowest BCUT2D eigenvalue weighted by molar-refractivity contribution is -0.126. The first-order valence-corrected chi connectivity index (χ1v) is 11.1. The molecular formula is C25H26BrN3O2. The lowest BCUT2D eigenvalue weighted by Gasteiger charge is -2.36. The van der Waals surface area contributed by atoms with Crippen LogP contribution in [0.25, 0.3) is 6.08 Å². The quantitative estimate of drug-likeness (QED) is 0.324. The van der Waals surface area contributed by atoms with Gasteiger partial charge in [0, 0.05) is 31.9 Å². The molecule has 0 radical (unpaired) electrons. The summed E-state index contributed by atoms with van der Waals surface area (Å²) in [5.41, 5.74) is 3.02. The predicted octanol–water partition coefficient (Wildman–Crippen LogP) is 4.83. The molecule has 0 unspecified atom stereocenters. The zero-order valence-corrected chi connectivity index (χ0v) is 19.3. The number of nitriles is 1. The number of para-hydroxylation sites is 1. The number of amides is 1. The van der Waals surface area contributed by atoms with E-state index in [-0.39, 0.29) is 11.5 Å². The fourth-order valence-corrected chi connectivity index (χ4v) is 4.29. The summed E-state index contributed by atoms with van der Waals surface area (Å²) in [5.74, 6) is 0.534. The van der Waals surface area contributed by atoms with E-state index in [1.54, 1.807) is 17.1 Å². The minimum Gasteiger partial charge on any atom is -0.492 e. The monoisotopic (exact) mass is 479 g/mol. The van der Waals surface area contributed by atoms with Crippen molar-refractivity contribution in [2.75, 3.05) is 37.7 Å². The van der Waals surface area contributed by atoms with E-state index in [9.17, 15) is 10.1 Å². The van der Waals surface area contributed by atoms with Crippen LogP contribution >= 0.6 is 15.9 Å². The van der Waals surface area contributed by atoms with Crippen molar-refractivity contribution >= 4 is 33.6 Å². The average molecular weight is 480 g/mol. The molecule has 2 aromatic carbocycles. The summed E-state index contributed by atoms with van der Waals surface area (Å²) in [7, 11) is 0. The van der Waals surface area contributed by atoms with Crippen LogP contribution in [-0.2, 0) is 11.2 Å². The normalized spacial score (nSPS) is 14.2. The van der Waals surface area contributed by atoms with Crippen molar-refractivity contribution < 1.29 is 9.53 Å². The molecule has 3 rings (SSSR count). The van der Waals surface area contributed by atoms with Crippen LogP contribution in [0.1, 0.15) is 18.1 Å². The van der Waals surface area contributed by atoms with Gasteiger partial charge in [-0.05, 0) is 70.7 Å². The summed E-state index contributed by atoms with van der Waals surface area (Å²) in [6.07, 6.45) is 4.09. The van der Waals surface area contributed by atoms with Gasteiger partial charge in [-0.25, -0.2) is 0 Å². The predicted molar refractivity (Wildman–Crippen MR) is 128 cm³/mol. The van der Waals surface area contributed by atoms with Crippen LogP contribution in [0, 0.1) is 11.3 Å². The number of carbonyl (C=O) groups is 1. The Morgan fingerprint density at radius 1 is 1.23 bits per heavy atom. The van der Waals surface area contributed by atoms with Crippen LogP contribution in [0.5, 0.6) is 5.75 Å². The van der Waals surface area contributed by atoms with Crippen molar-refractivity contribution in [3.63, 3.8) is 0 Å². The SMILES string of the molecule is C=CCc1cc(/C=C(/C#N)C(=O)N2CCN(c3ccccc3)CC2)cc(Br)c1OCC. The number of hydrogen-bond acceptors (Lipinski definition) is 4. The fourth-order valence-electron chi connectivity index (χ4n) is 3.66. The number of carbonyl (C=O) groups excluding carboxylic acids is 1. The van der Waals surface area contributed by atoms with Gasteiger partial charge in [0.1, 0.15) is 17.4 Å². The third kappa shape index (κ3) is 5.56. The first-order chi connectivity index (χ1) is 15.1. The van der Waals surface area contributed by atoms with Crippen molar-refractivity contribution in [1.82, 2.24) is 4.90 Å². The Morgan fingerprint density at radius 3 is 2.55 bits per heavy atom. The second-order valence-electron chi connectivity index (χ2n) is 7.20. The van der Waals surface area contributed by atoms with Crippen LogP contribution in [0.2, 0.25) is 0 Å². The maximum atomic E-state index is 13.0. The molecule has 1 fully saturated rings. The number of anilines is 1. The lowest BCUT2D eigenvalue weighted by atomic mass is 10.0. The van der Waals surface area contributed by atoms with Crippen molar-refractivity contribution in [3.8, 4) is 11.8 Å². The first-order valence-electron chi connectivity index (χ1n) is 10.3. The highest BCUT2D eigenvalue weighted by Crippen LogP contribution is 2.32. The van der Waals surface area contributed by atoms with E-state index in [0.717, 1.165) is 40.1 Å². The number of hydrogen-bond donors (Lipinski definition) is 0. The highest BCUT2D eigenvalue weighted by molar-refractivity contribution is 9.10. The van der Waals surface area contributed by atoms with Crippen molar-refractivity contribution in [3.05, 3.63) is 76.3 Å². The molecule has 1 aliphatic heterocycles. The van der Waals surface area contributed by atoms with Gasteiger partial charge in [-0.15, -0.1) is 6.58 Å². The summed E-state index contributed by atoms with van der Waals surface area (Å²) < 4.78 is 6.53. The molecule has 0 saturated carbocycles. The first kappa shape index (κ1) is 22.6. The third-order valence-corrected chi connectivity index (χ3v) is 5.73. The number of benzene rings is 2. The van der Waals surface area contributed by atoms with Crippen molar-refractivity contribution in [1.29, 1.82) is 5.26 Å². The molecule has 6 heteroatoms. The van der Waals surface area contributed by atoms with Gasteiger partial charge in [0.2, 0.25) is 0 Å². The van der Waals surface area contributed by atoms with Crippen LogP contribution in [-0.4, -0.2) is 43.6 Å². The zero-order chi connectivity index (χ0) is 22.2. The average Bonchev–Trinajstić information content (AvgIpc) is 2.80. The largest absolute Gasteiger partial charge is 0.492 e. The molecule has 1 aliphatic rings. The van der Waals surface area contributed by atoms with Crippen molar-refractivity contribution in [2.24, 2.45) is 0 Å². The minimum absolute atomic E-state index is 0.133. The van der Waals surface area contributed by atoms with E-state index in [1.807, 2.05) is 37.3 Å². The lowest BCUT2D eigenvalue weighted by Crippen LogP contribution is -2.49. The number of allylic oxidation sites excluding steroid dienone is 1. The molecule has 1 amide bonds. The molecule has 0 N–H and O–H groups in total. The van der Waals surface area contributed by atoms with Gasteiger partial charge in [-0.2, -0.15) is 5.26 Å². The van der Waals surface area contributed by atoms with E-state index in [4.69, 9.17) is 4.74 Å². The Hall–Kier alpha value is -3.04. The molecular weight excluding hydrogens is 454 g/mol. The van der Waals surface area contributed by atoms with E-state index in [1.165, 1.54) is 0 Å². The Kier molecular flexibility index (Phi) is 7.91. The minimum atomic E-state index is -0.231. The molecule has 0 spiro atoms. The van der Waals surface area contributed by atoms with Gasteiger partial charge in [0.25, 0.3) is 5.91 Å². The Bertz CT molecular complexity index is 1000. The summed E-state index contributed by atoms with van der Waals surface area (Å²) in [6, 6.07) is 16.1. The van der Waals surface area contributed by atoms with Gasteiger partial charge in [-0.3, -0.25) is 4.79 Å². The van der Waals surface area contributed by atoms with Gasteiger partial charge < -0.3 is 14.5 Å². The maximum absolute atomic E-state index is 13.0. The molecule has 5 nitrogen and oxygen atoms in total. The van der Waals surface area contributed by atoms with Crippen LogP contribution in [0.4, 0.5) is 5.69 Å². The number of ether oxygens (including phenoxy) is 1. The topological polar surface area (TPSA) is 56.6 Å². The molecule has 2 aromatic rings. The molecule has 0 aromatic heterocycles. The zero-order valence-electron chi connectivity index (χ0n) is 17.7. The number of piperazine rings is 1. The second kappa shape index (κ2) is 10.8. The molecule has 0 bridgehead atoms. The van der Waals surface area contributed by atoms with E-state index in [0.29, 0.717) is 26.1 Å². The fraction of sp³-hybridized carbons (Fsp3) is 0.280. The summed E-state index contributed by atoms with van der Waals surface area (Å²) in [6.45, 7) is 8.95. The Morgan fingerprint density at radius 2 is 1.94 bits per heavy atom. The third-order valence-electron chi connectivity index (χ3n) is 5.15. The van der Waals surface area contributed by atoms with Gasteiger partial charge in [0.15, 0.2) is 0 Å². The molecule has 0 aliphatic carbocycles. The standard InChI is InChI=1S/C25H26BrN3O2/c1-3-8-20-15-19(17-23(26)24(20)31-4-2)16-21(18-27)25(30)29-13-11-28(12-14-29)22-9-6-5-7-10-22/h3,5-7,9-10,15-17H,1,4,8,11-14H2,2H3/b21-16-. The highest BCUT2D eigenvalue weighted by atomic mass is 79.9. The van der Waals surface area contributed by atoms with Crippen LogP contribution in [0.3, 0.4) is 0 Å². The maximum Gasteiger partial charge on any atom is 0.264 e. The van der Waals surface area contributed by atoms with Crippen LogP contribution in [0.15, 0.2) is 65.2 Å². The second-order valence-corrected chi connectivity index (χ2v) is 8.06. The molecule has 1 saturated heterocycles. The molecule has 31 heavy (non-hydrogen) atoms. The van der Waals surface area contributed by atoms with E-state index >= 15 is 0 Å². The van der Waals surface area contributed by atoms with Gasteiger partial charge in [-0.1, -0.05) is 24.3 Å². The number of nitrogens with zero attached hydrogens (tertiary/aromatic N) is 3. The summed E-state index contributed by atoms with van der Waals surface area (Å²) in [4.78, 5) is 17.0. The Labute approximate surface area is 192 Å². The number of halogens is 1. The van der Waals surface area contributed by atoms with Crippen molar-refractivity contribution in [2.45, 2.75) is 13.3 Å².